The molecule has 0 heterocycles. The fourth-order valence-electron chi connectivity index (χ4n) is 3.12. The number of aliphatic carboxylic acids is 1. The Balaban J connectivity index is 1.96. The van der Waals surface area contributed by atoms with E-state index in [-0.39, 0.29) is 23.7 Å². The average molecular weight is 251 g/mol. The van der Waals surface area contributed by atoms with Gasteiger partial charge < -0.3 is 10.4 Å². The van der Waals surface area contributed by atoms with Crippen LogP contribution in [0.4, 0.5) is 0 Å². The first-order valence-corrected chi connectivity index (χ1v) is 6.69. The summed E-state index contributed by atoms with van der Waals surface area (Å²) in [5.41, 5.74) is 0. The number of carbonyl (C=O) groups excluding carboxylic acids is 1. The molecule has 0 aromatic heterocycles. The minimum atomic E-state index is -0.837. The van der Waals surface area contributed by atoms with Gasteiger partial charge in [0.1, 0.15) is 0 Å². The number of allylic oxidation sites excluding steroid dienone is 2. The van der Waals surface area contributed by atoms with E-state index in [4.69, 9.17) is 0 Å². The third-order valence-electron chi connectivity index (χ3n) is 4.07. The molecule has 4 heteroatoms. The number of rotatable bonds is 5. The quantitative estimate of drug-likeness (QED) is 0.730. The molecule has 1 saturated carbocycles. The molecular formula is C14H21NO3. The Kier molecular flexibility index (Phi) is 3.73. The molecule has 0 spiro atoms. The van der Waals surface area contributed by atoms with Crippen LogP contribution in [0.15, 0.2) is 12.2 Å². The van der Waals surface area contributed by atoms with Crippen LogP contribution in [-0.4, -0.2) is 23.5 Å². The lowest BCUT2D eigenvalue weighted by Crippen LogP contribution is -2.40. The van der Waals surface area contributed by atoms with Crippen molar-refractivity contribution in [3.8, 4) is 0 Å². The highest BCUT2D eigenvalue weighted by molar-refractivity contribution is 5.86. The van der Waals surface area contributed by atoms with Crippen molar-refractivity contribution in [1.82, 2.24) is 5.32 Å². The molecule has 0 aliphatic heterocycles. The van der Waals surface area contributed by atoms with Crippen molar-refractivity contribution in [3.63, 3.8) is 0 Å². The number of nitrogens with one attached hydrogen (secondary N) is 1. The number of hydrogen-bond acceptors (Lipinski definition) is 2. The SMILES string of the molecule is CC(C)CCNC(=O)[C@H]1C2C=CC(C2)[C@H]1C(=O)O. The third kappa shape index (κ3) is 2.42. The first kappa shape index (κ1) is 13.1. The second kappa shape index (κ2) is 5.12. The van der Waals surface area contributed by atoms with Gasteiger partial charge in [-0.1, -0.05) is 26.0 Å². The number of carbonyl (C=O) groups is 2. The molecule has 18 heavy (non-hydrogen) atoms. The number of carboxylic acid groups (broad SMARTS) is 1. The van der Waals surface area contributed by atoms with Crippen LogP contribution in [0.5, 0.6) is 0 Å². The van der Waals surface area contributed by atoms with Gasteiger partial charge >= 0.3 is 5.97 Å². The zero-order valence-electron chi connectivity index (χ0n) is 10.9. The molecule has 100 valence electrons. The van der Waals surface area contributed by atoms with Crippen LogP contribution in [-0.2, 0) is 9.59 Å². The van der Waals surface area contributed by atoms with Crippen LogP contribution >= 0.6 is 0 Å². The van der Waals surface area contributed by atoms with E-state index in [0.29, 0.717) is 12.5 Å². The van der Waals surface area contributed by atoms with Gasteiger partial charge in [0.05, 0.1) is 11.8 Å². The van der Waals surface area contributed by atoms with Crippen molar-refractivity contribution in [1.29, 1.82) is 0 Å². The van der Waals surface area contributed by atoms with Crippen LogP contribution in [0.1, 0.15) is 26.7 Å². The van der Waals surface area contributed by atoms with Crippen LogP contribution in [0, 0.1) is 29.6 Å². The van der Waals surface area contributed by atoms with Gasteiger partial charge in [-0.15, -0.1) is 0 Å². The molecule has 0 radical (unpaired) electrons. The van der Waals surface area contributed by atoms with Crippen molar-refractivity contribution < 1.29 is 14.7 Å². The fraction of sp³-hybridized carbons (Fsp3) is 0.714. The van der Waals surface area contributed by atoms with E-state index in [1.165, 1.54) is 0 Å². The Morgan fingerprint density at radius 3 is 2.44 bits per heavy atom. The monoisotopic (exact) mass is 251 g/mol. The summed E-state index contributed by atoms with van der Waals surface area (Å²) in [5.74, 6) is -1.11. The summed E-state index contributed by atoms with van der Waals surface area (Å²) < 4.78 is 0. The first-order chi connectivity index (χ1) is 8.50. The van der Waals surface area contributed by atoms with Crippen molar-refractivity contribution in [2.45, 2.75) is 26.7 Å². The van der Waals surface area contributed by atoms with Gasteiger partial charge in [-0.25, -0.2) is 0 Å². The van der Waals surface area contributed by atoms with Crippen molar-refractivity contribution in [3.05, 3.63) is 12.2 Å². The summed E-state index contributed by atoms with van der Waals surface area (Å²) in [6, 6.07) is 0. The van der Waals surface area contributed by atoms with Gasteiger partial charge in [-0.3, -0.25) is 9.59 Å². The smallest absolute Gasteiger partial charge is 0.307 e. The molecule has 2 aliphatic carbocycles. The van der Waals surface area contributed by atoms with Gasteiger partial charge in [-0.2, -0.15) is 0 Å². The minimum Gasteiger partial charge on any atom is -0.481 e. The van der Waals surface area contributed by atoms with Gasteiger partial charge in [-0.05, 0) is 30.6 Å². The molecule has 0 aromatic carbocycles. The van der Waals surface area contributed by atoms with Crippen LogP contribution in [0.25, 0.3) is 0 Å². The molecule has 1 fully saturated rings. The molecule has 2 rings (SSSR count). The summed E-state index contributed by atoms with van der Waals surface area (Å²) in [4.78, 5) is 23.4. The lowest BCUT2D eigenvalue weighted by Gasteiger charge is -2.24. The zero-order chi connectivity index (χ0) is 13.3. The second-order valence-corrected chi connectivity index (χ2v) is 5.81. The van der Waals surface area contributed by atoms with Crippen LogP contribution < -0.4 is 5.32 Å². The third-order valence-corrected chi connectivity index (χ3v) is 4.07. The molecule has 2 aliphatic rings. The normalized spacial score (nSPS) is 33.1. The van der Waals surface area contributed by atoms with Gasteiger partial charge in [0.25, 0.3) is 0 Å². The molecule has 2 bridgehead atoms. The maximum Gasteiger partial charge on any atom is 0.307 e. The van der Waals surface area contributed by atoms with E-state index >= 15 is 0 Å². The largest absolute Gasteiger partial charge is 0.481 e. The standard InChI is InChI=1S/C14H21NO3/c1-8(2)5-6-15-13(16)11-9-3-4-10(7-9)12(11)14(17)18/h3-4,8-12H,5-7H2,1-2H3,(H,15,16)(H,17,18)/t9?,10?,11-,12+/m0/s1. The van der Waals surface area contributed by atoms with Gasteiger partial charge in [0.15, 0.2) is 0 Å². The predicted molar refractivity (Wildman–Crippen MR) is 67.8 cm³/mol. The van der Waals surface area contributed by atoms with E-state index in [1.54, 1.807) is 0 Å². The molecular weight excluding hydrogens is 230 g/mol. The topological polar surface area (TPSA) is 66.4 Å². The maximum absolute atomic E-state index is 12.1. The molecule has 2 N–H and O–H groups in total. The molecule has 0 saturated heterocycles. The summed E-state index contributed by atoms with van der Waals surface area (Å²) in [5, 5.41) is 12.1. The molecule has 4 atom stereocenters. The summed E-state index contributed by atoms with van der Waals surface area (Å²) in [7, 11) is 0. The van der Waals surface area contributed by atoms with Crippen molar-refractivity contribution in [2.24, 2.45) is 29.6 Å². The summed E-state index contributed by atoms with van der Waals surface area (Å²) in [6.07, 6.45) is 5.72. The lowest BCUT2D eigenvalue weighted by atomic mass is 9.82. The molecule has 0 aromatic rings. The van der Waals surface area contributed by atoms with Crippen molar-refractivity contribution >= 4 is 11.9 Å². The maximum atomic E-state index is 12.1. The van der Waals surface area contributed by atoms with E-state index in [1.807, 2.05) is 12.2 Å². The van der Waals surface area contributed by atoms with E-state index in [9.17, 15) is 14.7 Å². The Bertz CT molecular complexity index is 375. The van der Waals surface area contributed by atoms with E-state index in [0.717, 1.165) is 12.8 Å². The first-order valence-electron chi connectivity index (χ1n) is 6.69. The lowest BCUT2D eigenvalue weighted by molar-refractivity contribution is -0.147. The Labute approximate surface area is 107 Å². The van der Waals surface area contributed by atoms with Gasteiger partial charge in [0, 0.05) is 6.54 Å². The van der Waals surface area contributed by atoms with Crippen LogP contribution in [0.3, 0.4) is 0 Å². The van der Waals surface area contributed by atoms with Gasteiger partial charge in [0.2, 0.25) is 5.91 Å². The van der Waals surface area contributed by atoms with E-state index < -0.39 is 11.9 Å². The number of hydrogen-bond donors (Lipinski definition) is 2. The number of fused-ring (bicyclic) bond motifs is 2. The number of amides is 1. The predicted octanol–water partition coefficient (Wildman–Crippen LogP) is 1.67. The highest BCUT2D eigenvalue weighted by Crippen LogP contribution is 2.48. The minimum absolute atomic E-state index is 0.0494. The molecule has 1 amide bonds. The average Bonchev–Trinajstić information content (AvgIpc) is 2.87. The zero-order valence-corrected chi connectivity index (χ0v) is 10.9. The molecule has 4 nitrogen and oxygen atoms in total. The Morgan fingerprint density at radius 1 is 1.28 bits per heavy atom. The highest BCUT2D eigenvalue weighted by atomic mass is 16.4. The van der Waals surface area contributed by atoms with E-state index in [2.05, 4.69) is 19.2 Å². The fourth-order valence-corrected chi connectivity index (χ4v) is 3.12. The Morgan fingerprint density at radius 2 is 1.89 bits per heavy atom. The van der Waals surface area contributed by atoms with Crippen LogP contribution in [0.2, 0.25) is 0 Å². The number of carboxylic acids is 1. The van der Waals surface area contributed by atoms with Crippen molar-refractivity contribution in [2.75, 3.05) is 6.54 Å². The summed E-state index contributed by atoms with van der Waals surface area (Å²) in [6.45, 7) is 4.85. The second-order valence-electron chi connectivity index (χ2n) is 5.81. The highest BCUT2D eigenvalue weighted by Gasteiger charge is 2.51. The summed E-state index contributed by atoms with van der Waals surface area (Å²) >= 11 is 0. The molecule has 2 unspecified atom stereocenters. The Hall–Kier alpha value is -1.32.